The molecule has 1 aromatic carbocycles. The van der Waals surface area contributed by atoms with E-state index in [2.05, 4.69) is 0 Å². The average molecular weight is 281 g/mol. The van der Waals surface area contributed by atoms with Crippen LogP contribution in [0, 0.1) is 0 Å². The summed E-state index contributed by atoms with van der Waals surface area (Å²) < 4.78 is 10.3. The normalized spacial score (nSPS) is 13.2. The summed E-state index contributed by atoms with van der Waals surface area (Å²) in [5.74, 6) is -0.599. The van der Waals surface area contributed by atoms with Gasteiger partial charge in [-0.3, -0.25) is 4.79 Å². The van der Waals surface area contributed by atoms with Gasteiger partial charge in [-0.15, -0.1) is 0 Å². The zero-order chi connectivity index (χ0) is 15.5. The summed E-state index contributed by atoms with van der Waals surface area (Å²) in [6.45, 7) is 2.78. The van der Waals surface area contributed by atoms with Crippen molar-refractivity contribution in [1.29, 1.82) is 0 Å². The second-order valence-electron chi connectivity index (χ2n) is 4.52. The maximum atomic E-state index is 11.7. The van der Waals surface area contributed by atoms with E-state index in [1.807, 2.05) is 0 Å². The lowest BCUT2D eigenvalue weighted by atomic mass is 9.89. The van der Waals surface area contributed by atoms with Crippen LogP contribution in [0.15, 0.2) is 18.2 Å². The van der Waals surface area contributed by atoms with E-state index in [1.165, 1.54) is 40.0 Å². The van der Waals surface area contributed by atoms with Gasteiger partial charge >= 0.3 is 5.97 Å². The molecule has 0 aromatic heterocycles. The Labute approximate surface area is 117 Å². The number of carbonyl (C=O) groups is 2. The van der Waals surface area contributed by atoms with Crippen LogP contribution in [0.5, 0.6) is 11.5 Å². The molecule has 0 heterocycles. The lowest BCUT2D eigenvalue weighted by molar-refractivity contribution is -0.156. The van der Waals surface area contributed by atoms with Crippen molar-refractivity contribution in [2.75, 3.05) is 21.3 Å². The summed E-state index contributed by atoms with van der Waals surface area (Å²) in [5, 5.41) is 9.57. The van der Waals surface area contributed by atoms with Gasteiger partial charge in [-0.1, -0.05) is 0 Å². The molecule has 0 aliphatic heterocycles. The molecule has 1 N–H and O–H groups in total. The van der Waals surface area contributed by atoms with E-state index in [0.29, 0.717) is 17.1 Å². The number of benzene rings is 1. The van der Waals surface area contributed by atoms with Gasteiger partial charge in [-0.05, 0) is 19.1 Å². The third-order valence-corrected chi connectivity index (χ3v) is 3.49. The van der Waals surface area contributed by atoms with E-state index in [9.17, 15) is 14.7 Å². The Balaban J connectivity index is 3.50. The Morgan fingerprint density at radius 1 is 1.25 bits per heavy atom. The number of nitrogens with zero attached hydrogens (tertiary/aromatic N) is 1. The van der Waals surface area contributed by atoms with Crippen LogP contribution in [0.1, 0.15) is 19.4 Å². The third kappa shape index (κ3) is 2.54. The van der Waals surface area contributed by atoms with Crippen molar-refractivity contribution in [1.82, 2.24) is 4.90 Å². The molecule has 0 saturated carbocycles. The molecule has 110 valence electrons. The van der Waals surface area contributed by atoms with Gasteiger partial charge in [0.2, 0.25) is 5.91 Å². The summed E-state index contributed by atoms with van der Waals surface area (Å²) in [5.41, 5.74) is -1.14. The standard InChI is InChI=1S/C14H19NO5/c1-9(16)15(3)14(2,13(17)18)11-7-6-10(19-4)8-12(11)20-5/h6-8H,1-5H3,(H,17,18). The zero-order valence-electron chi connectivity index (χ0n) is 12.3. The summed E-state index contributed by atoms with van der Waals surface area (Å²) in [6, 6.07) is 4.81. The van der Waals surface area contributed by atoms with E-state index >= 15 is 0 Å². The molecular formula is C14H19NO5. The van der Waals surface area contributed by atoms with Gasteiger partial charge in [0, 0.05) is 25.6 Å². The minimum absolute atomic E-state index is 0.349. The van der Waals surface area contributed by atoms with E-state index in [4.69, 9.17) is 9.47 Å². The van der Waals surface area contributed by atoms with Crippen molar-refractivity contribution in [3.63, 3.8) is 0 Å². The molecule has 1 aromatic rings. The summed E-state index contributed by atoms with van der Waals surface area (Å²) in [7, 11) is 4.39. The largest absolute Gasteiger partial charge is 0.497 e. The Kier molecular flexibility index (Phi) is 4.60. The maximum absolute atomic E-state index is 11.7. The monoisotopic (exact) mass is 281 g/mol. The number of hydrogen-bond acceptors (Lipinski definition) is 4. The number of amides is 1. The molecular weight excluding hydrogens is 262 g/mol. The van der Waals surface area contributed by atoms with Crippen LogP contribution in [0.3, 0.4) is 0 Å². The van der Waals surface area contributed by atoms with Crippen LogP contribution < -0.4 is 9.47 Å². The van der Waals surface area contributed by atoms with Gasteiger partial charge in [-0.2, -0.15) is 0 Å². The van der Waals surface area contributed by atoms with Gasteiger partial charge in [0.05, 0.1) is 14.2 Å². The predicted molar refractivity (Wildman–Crippen MR) is 73.0 cm³/mol. The number of carbonyl (C=O) groups excluding carboxylic acids is 1. The Bertz CT molecular complexity index is 528. The molecule has 0 aliphatic carbocycles. The molecule has 0 saturated heterocycles. The molecule has 6 heteroatoms. The quantitative estimate of drug-likeness (QED) is 0.884. The van der Waals surface area contributed by atoms with Crippen LogP contribution >= 0.6 is 0 Å². The molecule has 1 rings (SSSR count). The average Bonchev–Trinajstić information content (AvgIpc) is 2.44. The van der Waals surface area contributed by atoms with Crippen molar-refractivity contribution >= 4 is 11.9 Å². The first-order valence-corrected chi connectivity index (χ1v) is 5.99. The lowest BCUT2D eigenvalue weighted by Crippen LogP contribution is -2.50. The highest BCUT2D eigenvalue weighted by molar-refractivity contribution is 5.87. The second-order valence-corrected chi connectivity index (χ2v) is 4.52. The Morgan fingerprint density at radius 3 is 2.25 bits per heavy atom. The number of hydrogen-bond donors (Lipinski definition) is 1. The van der Waals surface area contributed by atoms with Gasteiger partial charge in [-0.25, -0.2) is 4.79 Å². The van der Waals surface area contributed by atoms with Gasteiger partial charge in [0.15, 0.2) is 5.54 Å². The number of methoxy groups -OCH3 is 2. The molecule has 20 heavy (non-hydrogen) atoms. The van der Waals surface area contributed by atoms with Crippen molar-refractivity contribution in [3.8, 4) is 11.5 Å². The summed E-state index contributed by atoms with van der Waals surface area (Å²) in [6.07, 6.45) is 0. The molecule has 6 nitrogen and oxygen atoms in total. The molecule has 0 radical (unpaired) electrons. The fraction of sp³-hybridized carbons (Fsp3) is 0.429. The van der Waals surface area contributed by atoms with Crippen LogP contribution in [-0.2, 0) is 15.1 Å². The van der Waals surface area contributed by atoms with Gasteiger partial charge in [0.25, 0.3) is 0 Å². The Hall–Kier alpha value is -2.24. The van der Waals surface area contributed by atoms with Crippen molar-refractivity contribution in [2.24, 2.45) is 0 Å². The highest BCUT2D eigenvalue weighted by atomic mass is 16.5. The zero-order valence-corrected chi connectivity index (χ0v) is 12.3. The van der Waals surface area contributed by atoms with Crippen molar-refractivity contribution < 1.29 is 24.2 Å². The highest BCUT2D eigenvalue weighted by Gasteiger charge is 2.43. The van der Waals surface area contributed by atoms with Crippen LogP contribution in [-0.4, -0.2) is 43.2 Å². The smallest absolute Gasteiger partial charge is 0.334 e. The maximum Gasteiger partial charge on any atom is 0.334 e. The summed E-state index contributed by atoms with van der Waals surface area (Å²) in [4.78, 5) is 24.5. The lowest BCUT2D eigenvalue weighted by Gasteiger charge is -2.35. The van der Waals surface area contributed by atoms with Crippen LogP contribution in [0.2, 0.25) is 0 Å². The number of carboxylic acids is 1. The van der Waals surface area contributed by atoms with Gasteiger partial charge in [0.1, 0.15) is 11.5 Å². The molecule has 0 fully saturated rings. The fourth-order valence-corrected chi connectivity index (χ4v) is 1.95. The number of aliphatic carboxylic acids is 1. The second kappa shape index (κ2) is 5.81. The van der Waals surface area contributed by atoms with Crippen LogP contribution in [0.25, 0.3) is 0 Å². The van der Waals surface area contributed by atoms with E-state index in [1.54, 1.807) is 18.2 Å². The molecule has 1 atom stereocenters. The van der Waals surface area contributed by atoms with E-state index in [0.717, 1.165) is 0 Å². The summed E-state index contributed by atoms with van der Waals surface area (Å²) >= 11 is 0. The molecule has 1 unspecified atom stereocenters. The first-order valence-electron chi connectivity index (χ1n) is 5.99. The SMILES string of the molecule is COc1ccc(C(C)(C(=O)O)N(C)C(C)=O)c(OC)c1. The first kappa shape index (κ1) is 15.8. The van der Waals surface area contributed by atoms with Crippen molar-refractivity contribution in [2.45, 2.75) is 19.4 Å². The van der Waals surface area contributed by atoms with E-state index < -0.39 is 11.5 Å². The molecule has 0 bridgehead atoms. The highest BCUT2D eigenvalue weighted by Crippen LogP contribution is 2.36. The minimum Gasteiger partial charge on any atom is -0.497 e. The number of carboxylic acid groups (broad SMARTS) is 1. The minimum atomic E-state index is -1.52. The Morgan fingerprint density at radius 2 is 1.85 bits per heavy atom. The third-order valence-electron chi connectivity index (χ3n) is 3.49. The number of likely N-dealkylation sites (N-methyl/N-ethyl adjacent to an activating group) is 1. The molecule has 0 spiro atoms. The fourth-order valence-electron chi connectivity index (χ4n) is 1.95. The van der Waals surface area contributed by atoms with E-state index in [-0.39, 0.29) is 5.91 Å². The molecule has 1 amide bonds. The first-order chi connectivity index (χ1) is 9.28. The van der Waals surface area contributed by atoms with Crippen LogP contribution in [0.4, 0.5) is 0 Å². The topological polar surface area (TPSA) is 76.1 Å². The predicted octanol–water partition coefficient (Wildman–Crippen LogP) is 1.48. The molecule has 0 aliphatic rings. The van der Waals surface area contributed by atoms with Gasteiger partial charge < -0.3 is 19.5 Å². The number of ether oxygens (including phenoxy) is 2. The van der Waals surface area contributed by atoms with Crippen molar-refractivity contribution in [3.05, 3.63) is 23.8 Å². The number of rotatable bonds is 5.